The van der Waals surface area contributed by atoms with Crippen molar-refractivity contribution < 1.29 is 9.53 Å². The molecule has 0 unspecified atom stereocenters. The maximum atomic E-state index is 13.4. The van der Waals surface area contributed by atoms with Crippen molar-refractivity contribution in [3.05, 3.63) is 48.2 Å². The molecule has 0 bridgehead atoms. The van der Waals surface area contributed by atoms with E-state index in [-0.39, 0.29) is 12.0 Å². The van der Waals surface area contributed by atoms with Gasteiger partial charge in [0.05, 0.1) is 22.9 Å². The third kappa shape index (κ3) is 3.79. The van der Waals surface area contributed by atoms with Gasteiger partial charge >= 0.3 is 0 Å². The van der Waals surface area contributed by atoms with E-state index < -0.39 is 0 Å². The molecule has 2 aromatic heterocycles. The Morgan fingerprint density at radius 3 is 2.89 bits per heavy atom. The van der Waals surface area contributed by atoms with E-state index in [2.05, 4.69) is 4.98 Å². The number of hydrogen-bond acceptors (Lipinski definition) is 6. The van der Waals surface area contributed by atoms with Crippen LogP contribution in [0.5, 0.6) is 0 Å². The highest BCUT2D eigenvalue weighted by Gasteiger charge is 2.27. The molecule has 1 fully saturated rings. The number of para-hydroxylation sites is 1. The lowest BCUT2D eigenvalue weighted by Crippen LogP contribution is -2.37. The summed E-state index contributed by atoms with van der Waals surface area (Å²) in [6.07, 6.45) is 3.72. The van der Waals surface area contributed by atoms with E-state index in [1.54, 1.807) is 17.2 Å². The average molecular weight is 382 g/mol. The van der Waals surface area contributed by atoms with Gasteiger partial charge < -0.3 is 9.64 Å². The summed E-state index contributed by atoms with van der Waals surface area (Å²) in [5.41, 5.74) is 1.51. The Bertz CT molecular complexity index is 917. The van der Waals surface area contributed by atoms with Crippen LogP contribution in [-0.4, -0.2) is 49.2 Å². The fraction of sp³-hybridized carbons (Fsp3) is 0.350. The fourth-order valence-electron chi connectivity index (χ4n) is 3.17. The molecule has 0 radical (unpaired) electrons. The maximum Gasteiger partial charge on any atom is 0.260 e. The van der Waals surface area contributed by atoms with Crippen molar-refractivity contribution >= 4 is 38.4 Å². The smallest absolute Gasteiger partial charge is 0.260 e. The number of nitrogens with zero attached hydrogens (tertiary/aromatic N) is 4. The van der Waals surface area contributed by atoms with Crippen LogP contribution >= 0.6 is 11.3 Å². The summed E-state index contributed by atoms with van der Waals surface area (Å²) >= 11 is 1.53. The number of fused-ring (bicyclic) bond motifs is 1. The Kier molecular flexibility index (Phi) is 5.05. The monoisotopic (exact) mass is 382 g/mol. The number of hydrogen-bond donors (Lipinski definition) is 0. The highest BCUT2D eigenvalue weighted by Crippen LogP contribution is 2.31. The van der Waals surface area contributed by atoms with E-state index in [9.17, 15) is 4.79 Å². The highest BCUT2D eigenvalue weighted by molar-refractivity contribution is 7.22. The Hall–Kier alpha value is -2.51. The molecule has 140 valence electrons. The SMILES string of the molecule is CN(C)c1cc(C(=O)N(C[C@H]2CCCO2)c2nc3ccccc3s2)ccn1. The second kappa shape index (κ2) is 7.62. The molecule has 0 N–H and O–H groups in total. The molecular formula is C20H22N4O2S. The van der Waals surface area contributed by atoms with Gasteiger partial charge in [-0.2, -0.15) is 0 Å². The van der Waals surface area contributed by atoms with E-state index in [0.717, 1.165) is 35.5 Å². The molecule has 3 heterocycles. The predicted octanol–water partition coefficient (Wildman–Crippen LogP) is 3.58. The molecule has 1 amide bonds. The highest BCUT2D eigenvalue weighted by atomic mass is 32.1. The van der Waals surface area contributed by atoms with E-state index in [1.807, 2.05) is 49.3 Å². The molecule has 0 aliphatic carbocycles. The molecule has 27 heavy (non-hydrogen) atoms. The Balaban J connectivity index is 1.70. The van der Waals surface area contributed by atoms with Gasteiger partial charge in [0.1, 0.15) is 5.82 Å². The Morgan fingerprint density at radius 1 is 1.30 bits per heavy atom. The number of ether oxygens (including phenoxy) is 1. The van der Waals surface area contributed by atoms with E-state index in [0.29, 0.717) is 17.2 Å². The first-order valence-corrected chi connectivity index (χ1v) is 9.86. The van der Waals surface area contributed by atoms with E-state index in [1.165, 1.54) is 11.3 Å². The van der Waals surface area contributed by atoms with Gasteiger partial charge in [-0.3, -0.25) is 9.69 Å². The first-order chi connectivity index (χ1) is 13.1. The van der Waals surface area contributed by atoms with Crippen molar-refractivity contribution in [3.8, 4) is 0 Å². The van der Waals surface area contributed by atoms with Gasteiger partial charge in [-0.05, 0) is 37.1 Å². The van der Waals surface area contributed by atoms with Crippen molar-refractivity contribution in [2.24, 2.45) is 0 Å². The number of pyridine rings is 1. The molecular weight excluding hydrogens is 360 g/mol. The van der Waals surface area contributed by atoms with Crippen LogP contribution in [0.15, 0.2) is 42.6 Å². The molecule has 3 aromatic rings. The van der Waals surface area contributed by atoms with Crippen LogP contribution in [0.25, 0.3) is 10.2 Å². The lowest BCUT2D eigenvalue weighted by Gasteiger charge is -2.23. The van der Waals surface area contributed by atoms with Gasteiger partial charge in [0.15, 0.2) is 5.13 Å². The maximum absolute atomic E-state index is 13.4. The zero-order chi connectivity index (χ0) is 18.8. The summed E-state index contributed by atoms with van der Waals surface area (Å²) in [5.74, 6) is 0.678. The summed E-state index contributed by atoms with van der Waals surface area (Å²) in [7, 11) is 3.82. The lowest BCUT2D eigenvalue weighted by atomic mass is 10.2. The van der Waals surface area contributed by atoms with Gasteiger partial charge in [-0.1, -0.05) is 23.5 Å². The van der Waals surface area contributed by atoms with Crippen molar-refractivity contribution in [3.63, 3.8) is 0 Å². The normalized spacial score (nSPS) is 16.6. The van der Waals surface area contributed by atoms with Gasteiger partial charge in [0.2, 0.25) is 0 Å². The zero-order valence-corrected chi connectivity index (χ0v) is 16.3. The number of carbonyl (C=O) groups is 1. The minimum atomic E-state index is -0.0740. The van der Waals surface area contributed by atoms with Crippen LogP contribution in [0.1, 0.15) is 23.2 Å². The first-order valence-electron chi connectivity index (χ1n) is 9.04. The lowest BCUT2D eigenvalue weighted by molar-refractivity contribution is 0.0917. The molecule has 1 aliphatic heterocycles. The summed E-state index contributed by atoms with van der Waals surface area (Å²) in [5, 5.41) is 0.708. The van der Waals surface area contributed by atoms with Crippen LogP contribution in [-0.2, 0) is 4.74 Å². The van der Waals surface area contributed by atoms with Crippen molar-refractivity contribution in [2.75, 3.05) is 37.0 Å². The second-order valence-electron chi connectivity index (χ2n) is 6.81. The van der Waals surface area contributed by atoms with Crippen molar-refractivity contribution in [1.82, 2.24) is 9.97 Å². The van der Waals surface area contributed by atoms with Crippen LogP contribution < -0.4 is 9.80 Å². The standard InChI is InChI=1S/C20H22N4O2S/c1-23(2)18-12-14(9-10-21-18)19(25)24(13-15-6-5-11-26-15)20-22-16-7-3-4-8-17(16)27-20/h3-4,7-10,12,15H,5-6,11,13H2,1-2H3/t15-/m1/s1. The number of amides is 1. The quantitative estimate of drug-likeness (QED) is 0.675. The summed E-state index contributed by atoms with van der Waals surface area (Å²) in [6, 6.07) is 11.5. The topological polar surface area (TPSA) is 58.6 Å². The fourth-order valence-corrected chi connectivity index (χ4v) is 4.14. The number of thiazole rings is 1. The summed E-state index contributed by atoms with van der Waals surface area (Å²) < 4.78 is 6.86. The molecule has 4 rings (SSSR count). The third-order valence-electron chi connectivity index (χ3n) is 4.62. The molecule has 7 heteroatoms. The molecule has 1 aliphatic rings. The Labute approximate surface area is 162 Å². The first kappa shape index (κ1) is 17.9. The van der Waals surface area contributed by atoms with Crippen LogP contribution in [0.4, 0.5) is 10.9 Å². The molecule has 1 saturated heterocycles. The molecule has 6 nitrogen and oxygen atoms in total. The molecule has 1 aromatic carbocycles. The second-order valence-corrected chi connectivity index (χ2v) is 7.82. The minimum absolute atomic E-state index is 0.0520. The molecule has 0 spiro atoms. The average Bonchev–Trinajstić information content (AvgIpc) is 3.34. The number of carbonyl (C=O) groups excluding carboxylic acids is 1. The van der Waals surface area contributed by atoms with Crippen molar-refractivity contribution in [1.29, 1.82) is 0 Å². The number of aromatic nitrogens is 2. The van der Waals surface area contributed by atoms with Crippen LogP contribution in [0, 0.1) is 0 Å². The summed E-state index contributed by atoms with van der Waals surface area (Å²) in [4.78, 5) is 26.0. The minimum Gasteiger partial charge on any atom is -0.376 e. The predicted molar refractivity (Wildman–Crippen MR) is 109 cm³/mol. The van der Waals surface area contributed by atoms with Crippen LogP contribution in [0.3, 0.4) is 0 Å². The third-order valence-corrected chi connectivity index (χ3v) is 5.68. The molecule has 0 saturated carbocycles. The van der Waals surface area contributed by atoms with Gasteiger partial charge in [0, 0.05) is 32.5 Å². The van der Waals surface area contributed by atoms with Crippen LogP contribution in [0.2, 0.25) is 0 Å². The molecule has 1 atom stereocenters. The van der Waals surface area contributed by atoms with Gasteiger partial charge in [0.25, 0.3) is 5.91 Å². The number of benzene rings is 1. The zero-order valence-electron chi connectivity index (χ0n) is 15.5. The van der Waals surface area contributed by atoms with E-state index in [4.69, 9.17) is 9.72 Å². The van der Waals surface area contributed by atoms with Crippen molar-refractivity contribution in [2.45, 2.75) is 18.9 Å². The largest absolute Gasteiger partial charge is 0.376 e. The summed E-state index contributed by atoms with van der Waals surface area (Å²) in [6.45, 7) is 1.27. The number of anilines is 2. The van der Waals surface area contributed by atoms with Gasteiger partial charge in [-0.15, -0.1) is 0 Å². The van der Waals surface area contributed by atoms with E-state index >= 15 is 0 Å². The Morgan fingerprint density at radius 2 is 2.15 bits per heavy atom. The van der Waals surface area contributed by atoms with Gasteiger partial charge in [-0.25, -0.2) is 9.97 Å². The number of rotatable bonds is 5.